The number of amides is 1. The molecule has 2 aromatic carbocycles. The minimum Gasteiger partial charge on any atom is -0.494 e. The van der Waals surface area contributed by atoms with Crippen molar-refractivity contribution in [3.63, 3.8) is 0 Å². The normalized spacial score (nSPS) is 10.8. The molecule has 0 aliphatic rings. The third-order valence-corrected chi connectivity index (χ3v) is 3.69. The van der Waals surface area contributed by atoms with Crippen molar-refractivity contribution in [2.45, 2.75) is 13.5 Å². The summed E-state index contributed by atoms with van der Waals surface area (Å²) < 4.78 is 7.12. The summed E-state index contributed by atoms with van der Waals surface area (Å²) in [5.41, 5.74) is 2.64. The number of para-hydroxylation sites is 1. The molecule has 3 aromatic rings. The predicted octanol–water partition coefficient (Wildman–Crippen LogP) is 3.38. The maximum absolute atomic E-state index is 12.3. The fourth-order valence-electron chi connectivity index (χ4n) is 2.46. The van der Waals surface area contributed by atoms with Gasteiger partial charge in [-0.25, -0.2) is 9.67 Å². The molecule has 6 heteroatoms. The zero-order valence-corrected chi connectivity index (χ0v) is 14.5. The number of anilines is 1. The monoisotopic (exact) mass is 348 g/mol. The van der Waals surface area contributed by atoms with Gasteiger partial charge in [0.25, 0.3) is 0 Å². The first-order valence-electron chi connectivity index (χ1n) is 8.37. The van der Waals surface area contributed by atoms with Crippen LogP contribution >= 0.6 is 0 Å². The number of hydrogen-bond acceptors (Lipinski definition) is 4. The molecule has 0 atom stereocenters. The Morgan fingerprint density at radius 3 is 2.73 bits per heavy atom. The summed E-state index contributed by atoms with van der Waals surface area (Å²) in [6.45, 7) is 3.11. The highest BCUT2D eigenvalue weighted by Crippen LogP contribution is 2.17. The molecule has 1 heterocycles. The number of hydrogen-bond donors (Lipinski definition) is 1. The van der Waals surface area contributed by atoms with Gasteiger partial charge in [-0.2, -0.15) is 5.10 Å². The van der Waals surface area contributed by atoms with Crippen LogP contribution in [0.25, 0.3) is 6.08 Å². The van der Waals surface area contributed by atoms with Crippen LogP contribution in [-0.4, -0.2) is 27.3 Å². The molecule has 0 aliphatic carbocycles. The van der Waals surface area contributed by atoms with E-state index in [2.05, 4.69) is 15.4 Å². The zero-order chi connectivity index (χ0) is 18.2. The van der Waals surface area contributed by atoms with Crippen LogP contribution in [0.15, 0.2) is 67.3 Å². The number of carbonyl (C=O) groups is 1. The van der Waals surface area contributed by atoms with E-state index in [1.165, 1.54) is 12.4 Å². The SMILES string of the molecule is CCOc1ccc(/C=C/C(=O)Nc2ccccc2Cn2cncn2)cc1. The highest BCUT2D eigenvalue weighted by Gasteiger charge is 2.05. The van der Waals surface area contributed by atoms with E-state index in [0.29, 0.717) is 13.2 Å². The van der Waals surface area contributed by atoms with Gasteiger partial charge < -0.3 is 10.1 Å². The second-order valence-electron chi connectivity index (χ2n) is 5.57. The van der Waals surface area contributed by atoms with Crippen LogP contribution in [-0.2, 0) is 11.3 Å². The molecule has 132 valence electrons. The van der Waals surface area contributed by atoms with Gasteiger partial charge in [0.2, 0.25) is 5.91 Å². The van der Waals surface area contributed by atoms with E-state index >= 15 is 0 Å². The van der Waals surface area contributed by atoms with Gasteiger partial charge in [-0.05, 0) is 42.3 Å². The molecule has 0 unspecified atom stereocenters. The lowest BCUT2D eigenvalue weighted by Crippen LogP contribution is -2.11. The average Bonchev–Trinajstić information content (AvgIpc) is 3.16. The third-order valence-electron chi connectivity index (χ3n) is 3.69. The first kappa shape index (κ1) is 17.4. The Bertz CT molecular complexity index is 871. The molecule has 0 bridgehead atoms. The molecule has 0 radical (unpaired) electrons. The minimum atomic E-state index is -0.190. The Morgan fingerprint density at radius 1 is 1.19 bits per heavy atom. The summed E-state index contributed by atoms with van der Waals surface area (Å²) in [6.07, 6.45) is 6.41. The van der Waals surface area contributed by atoms with Gasteiger partial charge in [0.05, 0.1) is 13.2 Å². The summed E-state index contributed by atoms with van der Waals surface area (Å²) in [5, 5.41) is 7.01. The second-order valence-corrected chi connectivity index (χ2v) is 5.57. The van der Waals surface area contributed by atoms with Crippen molar-refractivity contribution in [3.05, 3.63) is 78.4 Å². The van der Waals surface area contributed by atoms with Crippen molar-refractivity contribution < 1.29 is 9.53 Å². The Hall–Kier alpha value is -3.41. The lowest BCUT2D eigenvalue weighted by Gasteiger charge is -2.09. The summed E-state index contributed by atoms with van der Waals surface area (Å²) in [5.74, 6) is 0.626. The maximum Gasteiger partial charge on any atom is 0.248 e. The molecule has 1 N–H and O–H groups in total. The van der Waals surface area contributed by atoms with Gasteiger partial charge >= 0.3 is 0 Å². The number of nitrogens with one attached hydrogen (secondary N) is 1. The van der Waals surface area contributed by atoms with Crippen molar-refractivity contribution in [3.8, 4) is 5.75 Å². The van der Waals surface area contributed by atoms with Gasteiger partial charge in [-0.3, -0.25) is 4.79 Å². The van der Waals surface area contributed by atoms with Crippen LogP contribution in [0.1, 0.15) is 18.1 Å². The molecule has 6 nitrogen and oxygen atoms in total. The highest BCUT2D eigenvalue weighted by molar-refractivity contribution is 6.02. The first-order valence-corrected chi connectivity index (χ1v) is 8.37. The number of benzene rings is 2. The molecule has 0 fully saturated rings. The molecule has 1 aromatic heterocycles. The van der Waals surface area contributed by atoms with E-state index in [9.17, 15) is 4.79 Å². The zero-order valence-electron chi connectivity index (χ0n) is 14.5. The molecular formula is C20H20N4O2. The number of nitrogens with zero attached hydrogens (tertiary/aromatic N) is 3. The van der Waals surface area contributed by atoms with Crippen molar-refractivity contribution in [1.29, 1.82) is 0 Å². The smallest absolute Gasteiger partial charge is 0.248 e. The molecule has 26 heavy (non-hydrogen) atoms. The average molecular weight is 348 g/mol. The van der Waals surface area contributed by atoms with Crippen molar-refractivity contribution >= 4 is 17.7 Å². The molecule has 3 rings (SSSR count). The van der Waals surface area contributed by atoms with Crippen LogP contribution in [0.5, 0.6) is 5.75 Å². The van der Waals surface area contributed by atoms with Crippen molar-refractivity contribution in [1.82, 2.24) is 14.8 Å². The van der Waals surface area contributed by atoms with Crippen LogP contribution in [0.2, 0.25) is 0 Å². The van der Waals surface area contributed by atoms with Gasteiger partial charge in [0.1, 0.15) is 18.4 Å². The third kappa shape index (κ3) is 4.80. The second kappa shape index (κ2) is 8.62. The highest BCUT2D eigenvalue weighted by atomic mass is 16.5. The molecule has 1 amide bonds. The standard InChI is InChI=1S/C20H20N4O2/c1-2-26-18-10-7-16(8-11-18)9-12-20(25)23-19-6-4-3-5-17(19)13-24-15-21-14-22-24/h3-12,14-15H,2,13H2,1H3,(H,23,25)/b12-9+. The van der Waals surface area contributed by atoms with E-state index in [1.807, 2.05) is 55.5 Å². The topological polar surface area (TPSA) is 69.0 Å². The quantitative estimate of drug-likeness (QED) is 0.665. The van der Waals surface area contributed by atoms with Crippen molar-refractivity contribution in [2.24, 2.45) is 0 Å². The summed E-state index contributed by atoms with van der Waals surface area (Å²) in [4.78, 5) is 16.2. The molecular weight excluding hydrogens is 328 g/mol. The number of aromatic nitrogens is 3. The predicted molar refractivity (Wildman–Crippen MR) is 101 cm³/mol. The van der Waals surface area contributed by atoms with Gasteiger partial charge in [0.15, 0.2) is 0 Å². The summed E-state index contributed by atoms with van der Waals surface area (Å²) in [6, 6.07) is 15.2. The number of rotatable bonds is 7. The van der Waals surface area contributed by atoms with E-state index in [0.717, 1.165) is 22.6 Å². The minimum absolute atomic E-state index is 0.190. The van der Waals surface area contributed by atoms with Gasteiger partial charge in [-0.1, -0.05) is 30.3 Å². The Kier molecular flexibility index (Phi) is 5.77. The summed E-state index contributed by atoms with van der Waals surface area (Å²) in [7, 11) is 0. The van der Waals surface area contributed by atoms with Crippen LogP contribution in [0, 0.1) is 0 Å². The largest absolute Gasteiger partial charge is 0.494 e. The van der Waals surface area contributed by atoms with Gasteiger partial charge in [0, 0.05) is 11.8 Å². The Labute approximate surface area is 152 Å². The number of carbonyl (C=O) groups excluding carboxylic acids is 1. The Morgan fingerprint density at radius 2 is 2.00 bits per heavy atom. The Balaban J connectivity index is 1.64. The van der Waals surface area contributed by atoms with E-state index in [1.54, 1.807) is 17.1 Å². The van der Waals surface area contributed by atoms with E-state index in [4.69, 9.17) is 4.74 Å². The van der Waals surface area contributed by atoms with Crippen LogP contribution < -0.4 is 10.1 Å². The van der Waals surface area contributed by atoms with E-state index in [-0.39, 0.29) is 5.91 Å². The molecule has 0 saturated carbocycles. The first-order chi connectivity index (χ1) is 12.7. The number of ether oxygens (including phenoxy) is 1. The van der Waals surface area contributed by atoms with Crippen molar-refractivity contribution in [2.75, 3.05) is 11.9 Å². The van der Waals surface area contributed by atoms with Gasteiger partial charge in [-0.15, -0.1) is 0 Å². The fourth-order valence-corrected chi connectivity index (χ4v) is 2.46. The lowest BCUT2D eigenvalue weighted by atomic mass is 10.1. The maximum atomic E-state index is 12.3. The van der Waals surface area contributed by atoms with E-state index < -0.39 is 0 Å². The van der Waals surface area contributed by atoms with Crippen LogP contribution in [0.4, 0.5) is 5.69 Å². The lowest BCUT2D eigenvalue weighted by molar-refractivity contribution is -0.111. The molecule has 0 saturated heterocycles. The summed E-state index contributed by atoms with van der Waals surface area (Å²) >= 11 is 0. The fraction of sp³-hybridized carbons (Fsp3) is 0.150. The van der Waals surface area contributed by atoms with Crippen LogP contribution in [0.3, 0.4) is 0 Å². The molecule has 0 spiro atoms. The molecule has 0 aliphatic heterocycles.